The first-order valence-corrected chi connectivity index (χ1v) is 7.68. The van der Waals surface area contributed by atoms with Gasteiger partial charge in [-0.15, -0.1) is 0 Å². The molecule has 1 unspecified atom stereocenters. The minimum Gasteiger partial charge on any atom is -0.338 e. The first-order chi connectivity index (χ1) is 8.82. The Morgan fingerprint density at radius 2 is 1.53 bits per heavy atom. The normalized spacial score (nSPS) is 12.8. The van der Waals surface area contributed by atoms with Gasteiger partial charge in [0.05, 0.1) is 0 Å². The predicted molar refractivity (Wildman–Crippen MR) is 84.1 cm³/mol. The van der Waals surface area contributed by atoms with Crippen molar-refractivity contribution < 1.29 is 4.79 Å². The molecule has 1 amide bonds. The van der Waals surface area contributed by atoms with E-state index in [0.29, 0.717) is 0 Å². The van der Waals surface area contributed by atoms with Crippen LogP contribution >= 0.6 is 15.9 Å². The molecule has 1 aromatic rings. The molecule has 0 saturated carbocycles. The summed E-state index contributed by atoms with van der Waals surface area (Å²) in [5, 5.41) is 0. The Morgan fingerprint density at radius 3 is 1.95 bits per heavy atom. The van der Waals surface area contributed by atoms with Gasteiger partial charge in [0.15, 0.2) is 0 Å². The van der Waals surface area contributed by atoms with Gasteiger partial charge in [0.25, 0.3) is 0 Å². The van der Waals surface area contributed by atoms with Crippen molar-refractivity contribution in [2.75, 3.05) is 0 Å². The minimum atomic E-state index is 0.0194. The number of amides is 1. The van der Waals surface area contributed by atoms with E-state index >= 15 is 0 Å². The van der Waals surface area contributed by atoms with Crippen molar-refractivity contribution in [3.05, 3.63) is 34.3 Å². The Labute approximate surface area is 125 Å². The topological polar surface area (TPSA) is 20.3 Å². The SMILES string of the molecule is CC(Cc1ccc(Br)cc1)C(=O)N(C(C)C)C(C)C. The summed E-state index contributed by atoms with van der Waals surface area (Å²) in [5.74, 6) is 0.263. The van der Waals surface area contributed by atoms with Gasteiger partial charge in [0, 0.05) is 22.5 Å². The molecule has 1 atom stereocenters. The number of rotatable bonds is 5. The second-order valence-corrected chi connectivity index (χ2v) is 6.58. The first-order valence-electron chi connectivity index (χ1n) is 6.89. The van der Waals surface area contributed by atoms with E-state index in [-0.39, 0.29) is 23.9 Å². The third kappa shape index (κ3) is 4.64. The summed E-state index contributed by atoms with van der Waals surface area (Å²) >= 11 is 3.43. The monoisotopic (exact) mass is 325 g/mol. The van der Waals surface area contributed by atoms with Crippen molar-refractivity contribution in [2.45, 2.75) is 53.1 Å². The number of carbonyl (C=O) groups is 1. The Morgan fingerprint density at radius 1 is 1.05 bits per heavy atom. The van der Waals surface area contributed by atoms with E-state index in [1.54, 1.807) is 0 Å². The highest BCUT2D eigenvalue weighted by Crippen LogP contribution is 2.17. The van der Waals surface area contributed by atoms with E-state index in [9.17, 15) is 4.79 Å². The Balaban J connectivity index is 2.73. The van der Waals surface area contributed by atoms with Crippen molar-refractivity contribution in [1.29, 1.82) is 0 Å². The molecule has 0 N–H and O–H groups in total. The van der Waals surface area contributed by atoms with Crippen molar-refractivity contribution >= 4 is 21.8 Å². The fourth-order valence-electron chi connectivity index (χ4n) is 2.42. The number of halogens is 1. The van der Waals surface area contributed by atoms with Crippen LogP contribution in [-0.2, 0) is 11.2 Å². The highest BCUT2D eigenvalue weighted by molar-refractivity contribution is 9.10. The molecule has 0 spiro atoms. The lowest BCUT2D eigenvalue weighted by Gasteiger charge is -2.33. The molecule has 1 rings (SSSR count). The molecule has 0 aliphatic heterocycles. The zero-order chi connectivity index (χ0) is 14.6. The third-order valence-corrected chi connectivity index (χ3v) is 3.77. The van der Waals surface area contributed by atoms with Crippen LogP contribution in [-0.4, -0.2) is 22.9 Å². The lowest BCUT2D eigenvalue weighted by Crippen LogP contribution is -2.45. The van der Waals surface area contributed by atoms with Gasteiger partial charge in [-0.05, 0) is 51.8 Å². The van der Waals surface area contributed by atoms with Gasteiger partial charge in [0.1, 0.15) is 0 Å². The Kier molecular flexibility index (Phi) is 6.05. The smallest absolute Gasteiger partial charge is 0.226 e. The summed E-state index contributed by atoms with van der Waals surface area (Å²) in [6.07, 6.45) is 0.794. The number of hydrogen-bond donors (Lipinski definition) is 0. The summed E-state index contributed by atoms with van der Waals surface area (Å²) in [5.41, 5.74) is 1.21. The maximum atomic E-state index is 12.5. The van der Waals surface area contributed by atoms with E-state index in [1.807, 2.05) is 24.0 Å². The van der Waals surface area contributed by atoms with Crippen LogP contribution in [0.4, 0.5) is 0 Å². The lowest BCUT2D eigenvalue weighted by atomic mass is 9.98. The highest BCUT2D eigenvalue weighted by Gasteiger charge is 2.24. The van der Waals surface area contributed by atoms with Crippen molar-refractivity contribution in [3.63, 3.8) is 0 Å². The van der Waals surface area contributed by atoms with Gasteiger partial charge in [-0.1, -0.05) is 35.0 Å². The Bertz CT molecular complexity index is 403. The van der Waals surface area contributed by atoms with E-state index in [4.69, 9.17) is 0 Å². The fourth-order valence-corrected chi connectivity index (χ4v) is 2.69. The number of benzene rings is 1. The predicted octanol–water partition coefficient (Wildman–Crippen LogP) is 4.27. The second-order valence-electron chi connectivity index (χ2n) is 5.66. The molecular formula is C16H24BrNO. The average molecular weight is 326 g/mol. The van der Waals surface area contributed by atoms with Crippen LogP contribution in [0.15, 0.2) is 28.7 Å². The molecule has 1 aromatic carbocycles. The zero-order valence-corrected chi connectivity index (χ0v) is 14.1. The van der Waals surface area contributed by atoms with E-state index in [1.165, 1.54) is 5.56 Å². The van der Waals surface area contributed by atoms with Crippen molar-refractivity contribution in [1.82, 2.24) is 4.90 Å². The molecule has 0 radical (unpaired) electrons. The molecule has 0 bridgehead atoms. The number of nitrogens with zero attached hydrogens (tertiary/aromatic N) is 1. The van der Waals surface area contributed by atoms with Crippen LogP contribution < -0.4 is 0 Å². The van der Waals surface area contributed by atoms with Gasteiger partial charge in [-0.25, -0.2) is 0 Å². The molecule has 0 saturated heterocycles. The molecule has 106 valence electrons. The molecule has 0 aliphatic carbocycles. The van der Waals surface area contributed by atoms with Crippen LogP contribution in [0.1, 0.15) is 40.2 Å². The third-order valence-electron chi connectivity index (χ3n) is 3.24. The second kappa shape index (κ2) is 7.09. The zero-order valence-electron chi connectivity index (χ0n) is 12.5. The largest absolute Gasteiger partial charge is 0.338 e. The van der Waals surface area contributed by atoms with Crippen molar-refractivity contribution in [3.8, 4) is 0 Å². The van der Waals surface area contributed by atoms with E-state index < -0.39 is 0 Å². The maximum absolute atomic E-state index is 12.5. The lowest BCUT2D eigenvalue weighted by molar-refractivity contribution is -0.138. The minimum absolute atomic E-state index is 0.0194. The molecule has 0 fully saturated rings. The summed E-state index contributed by atoms with van der Waals surface area (Å²) in [6, 6.07) is 8.69. The molecule has 19 heavy (non-hydrogen) atoms. The van der Waals surface area contributed by atoms with E-state index in [0.717, 1.165) is 10.9 Å². The van der Waals surface area contributed by atoms with Gasteiger partial charge in [0.2, 0.25) is 5.91 Å². The molecule has 2 nitrogen and oxygen atoms in total. The van der Waals surface area contributed by atoms with Crippen LogP contribution in [0, 0.1) is 5.92 Å². The van der Waals surface area contributed by atoms with E-state index in [2.05, 4.69) is 55.8 Å². The van der Waals surface area contributed by atoms with Gasteiger partial charge in [-0.2, -0.15) is 0 Å². The highest BCUT2D eigenvalue weighted by atomic mass is 79.9. The number of carbonyl (C=O) groups excluding carboxylic acids is 1. The maximum Gasteiger partial charge on any atom is 0.226 e. The van der Waals surface area contributed by atoms with Crippen LogP contribution in [0.3, 0.4) is 0 Å². The quantitative estimate of drug-likeness (QED) is 0.791. The van der Waals surface area contributed by atoms with Crippen LogP contribution in [0.25, 0.3) is 0 Å². The van der Waals surface area contributed by atoms with Crippen LogP contribution in [0.2, 0.25) is 0 Å². The standard InChI is InChI=1S/C16H24BrNO/c1-11(2)18(12(3)4)16(19)13(5)10-14-6-8-15(17)9-7-14/h6-9,11-13H,10H2,1-5H3. The summed E-state index contributed by atoms with van der Waals surface area (Å²) in [7, 11) is 0. The van der Waals surface area contributed by atoms with Gasteiger partial charge >= 0.3 is 0 Å². The molecule has 0 aliphatic rings. The average Bonchev–Trinajstić information content (AvgIpc) is 2.31. The first kappa shape index (κ1) is 16.2. The van der Waals surface area contributed by atoms with Crippen LogP contribution in [0.5, 0.6) is 0 Å². The fraction of sp³-hybridized carbons (Fsp3) is 0.562. The molecule has 0 aromatic heterocycles. The Hall–Kier alpha value is -0.830. The molecular weight excluding hydrogens is 302 g/mol. The van der Waals surface area contributed by atoms with Gasteiger partial charge < -0.3 is 4.90 Å². The van der Waals surface area contributed by atoms with Gasteiger partial charge in [-0.3, -0.25) is 4.79 Å². The summed E-state index contributed by atoms with van der Waals surface area (Å²) < 4.78 is 1.07. The summed E-state index contributed by atoms with van der Waals surface area (Å²) in [6.45, 7) is 10.3. The summed E-state index contributed by atoms with van der Waals surface area (Å²) in [4.78, 5) is 14.5. The number of hydrogen-bond acceptors (Lipinski definition) is 1. The molecule has 0 heterocycles. The molecule has 3 heteroatoms. The van der Waals surface area contributed by atoms with Crippen molar-refractivity contribution in [2.24, 2.45) is 5.92 Å².